The Balaban J connectivity index is 2.06. The van der Waals surface area contributed by atoms with Crippen LogP contribution in [0.25, 0.3) is 10.2 Å². The molecule has 1 N–H and O–H groups in total. The molecule has 38 heavy (non-hydrogen) atoms. The highest BCUT2D eigenvalue weighted by atomic mass is 32.2. The second-order valence-electron chi connectivity index (χ2n) is 9.34. The SMILES string of the molecule is CC(C)Cn1c(=O)n(C)c(=O)c2c(Sc3nn(C(C)C)c(=O)[nH]3)c(C(=O)c3ccccc3C(F)(F)F)sc21. The summed E-state index contributed by atoms with van der Waals surface area (Å²) in [5.74, 6) is -0.979. The second kappa shape index (κ2) is 10.1. The average molecular weight is 568 g/mol. The minimum atomic E-state index is -4.80. The van der Waals surface area contributed by atoms with E-state index in [0.717, 1.165) is 39.8 Å². The summed E-state index contributed by atoms with van der Waals surface area (Å²) < 4.78 is 44.7. The van der Waals surface area contributed by atoms with E-state index >= 15 is 0 Å². The van der Waals surface area contributed by atoms with E-state index in [-0.39, 0.29) is 43.7 Å². The number of aromatic amines is 1. The van der Waals surface area contributed by atoms with E-state index in [1.54, 1.807) is 13.8 Å². The van der Waals surface area contributed by atoms with Gasteiger partial charge in [-0.25, -0.2) is 14.3 Å². The van der Waals surface area contributed by atoms with Crippen molar-refractivity contribution >= 4 is 39.1 Å². The first-order valence-corrected chi connectivity index (χ1v) is 13.2. The number of ketones is 1. The summed E-state index contributed by atoms with van der Waals surface area (Å²) in [5.41, 5.74) is -3.56. The van der Waals surface area contributed by atoms with Crippen LogP contribution in [0.5, 0.6) is 0 Å². The van der Waals surface area contributed by atoms with Gasteiger partial charge in [0, 0.05) is 19.2 Å². The van der Waals surface area contributed by atoms with Crippen LogP contribution < -0.4 is 16.9 Å². The topological polar surface area (TPSA) is 112 Å². The zero-order valence-electron chi connectivity index (χ0n) is 21.0. The van der Waals surface area contributed by atoms with Crippen molar-refractivity contribution in [1.29, 1.82) is 0 Å². The molecular weight excluding hydrogens is 543 g/mol. The monoisotopic (exact) mass is 567 g/mol. The lowest BCUT2D eigenvalue weighted by atomic mass is 10.0. The van der Waals surface area contributed by atoms with Gasteiger partial charge in [-0.2, -0.15) is 13.2 Å². The minimum Gasteiger partial charge on any atom is -0.288 e. The fraction of sp³-hybridized carbons (Fsp3) is 0.375. The van der Waals surface area contributed by atoms with Crippen molar-refractivity contribution in [2.75, 3.05) is 0 Å². The van der Waals surface area contributed by atoms with E-state index in [4.69, 9.17) is 0 Å². The number of H-pyrrole nitrogens is 1. The van der Waals surface area contributed by atoms with Gasteiger partial charge >= 0.3 is 17.6 Å². The number of alkyl halides is 3. The molecule has 0 bridgehead atoms. The predicted octanol–water partition coefficient (Wildman–Crippen LogP) is 4.28. The van der Waals surface area contributed by atoms with E-state index in [9.17, 15) is 32.3 Å². The lowest BCUT2D eigenvalue weighted by Gasteiger charge is -2.11. The molecule has 0 unspecified atom stereocenters. The number of nitrogens with zero attached hydrogens (tertiary/aromatic N) is 4. The molecule has 9 nitrogen and oxygen atoms in total. The number of benzene rings is 1. The van der Waals surface area contributed by atoms with Gasteiger partial charge in [-0.3, -0.25) is 23.7 Å². The first kappa shape index (κ1) is 27.6. The summed E-state index contributed by atoms with van der Waals surface area (Å²) in [6.45, 7) is 7.41. The molecule has 0 fully saturated rings. The van der Waals surface area contributed by atoms with Crippen LogP contribution in [0.4, 0.5) is 13.2 Å². The molecule has 3 aromatic heterocycles. The van der Waals surface area contributed by atoms with Crippen molar-refractivity contribution in [2.45, 2.75) is 56.5 Å². The van der Waals surface area contributed by atoms with Crippen molar-refractivity contribution in [3.63, 3.8) is 0 Å². The standard InChI is InChI=1S/C24H24F3N5O4S2/c1-11(2)10-31-20-15(19(34)30(5)23(31)36)17(38-21-28-22(35)32(29-21)12(3)4)18(37-20)16(33)13-8-6-7-9-14(13)24(25,26)27/h6-9,11-12H,10H2,1-5H3,(H,28,29,35). The van der Waals surface area contributed by atoms with Gasteiger partial charge in [-0.1, -0.05) is 32.0 Å². The maximum absolute atomic E-state index is 13.8. The number of carbonyl (C=O) groups excluding carboxylic acids is 1. The molecular formula is C24H24F3N5O4S2. The number of aromatic nitrogens is 5. The molecule has 0 saturated heterocycles. The highest BCUT2D eigenvalue weighted by molar-refractivity contribution is 7.99. The third-order valence-corrected chi connectivity index (χ3v) is 8.00. The molecule has 3 heterocycles. The summed E-state index contributed by atoms with van der Waals surface area (Å²) in [4.78, 5) is 54.9. The van der Waals surface area contributed by atoms with Gasteiger partial charge in [0.15, 0.2) is 5.16 Å². The summed E-state index contributed by atoms with van der Waals surface area (Å²) in [7, 11) is 1.29. The van der Waals surface area contributed by atoms with Gasteiger partial charge in [0.2, 0.25) is 5.78 Å². The van der Waals surface area contributed by atoms with Crippen molar-refractivity contribution in [1.82, 2.24) is 23.9 Å². The van der Waals surface area contributed by atoms with E-state index in [0.29, 0.717) is 0 Å². The average Bonchev–Trinajstić information content (AvgIpc) is 3.40. The zero-order chi connectivity index (χ0) is 28.1. The Labute approximate surface area is 221 Å². The van der Waals surface area contributed by atoms with Crippen LogP contribution >= 0.6 is 23.1 Å². The van der Waals surface area contributed by atoms with Crippen molar-refractivity contribution in [2.24, 2.45) is 13.0 Å². The largest absolute Gasteiger partial charge is 0.417 e. The van der Waals surface area contributed by atoms with Gasteiger partial charge in [0.25, 0.3) is 5.56 Å². The number of halogens is 3. The highest BCUT2D eigenvalue weighted by Crippen LogP contribution is 2.41. The number of fused-ring (bicyclic) bond motifs is 1. The first-order chi connectivity index (χ1) is 17.7. The van der Waals surface area contributed by atoms with Crippen LogP contribution in [0.15, 0.2) is 48.7 Å². The fourth-order valence-electron chi connectivity index (χ4n) is 3.94. The van der Waals surface area contributed by atoms with Gasteiger partial charge in [-0.15, -0.1) is 16.4 Å². The van der Waals surface area contributed by atoms with E-state index < -0.39 is 40.0 Å². The second-order valence-corrected chi connectivity index (χ2v) is 11.3. The van der Waals surface area contributed by atoms with Crippen LogP contribution in [-0.4, -0.2) is 29.7 Å². The molecule has 0 radical (unpaired) electrons. The summed E-state index contributed by atoms with van der Waals surface area (Å²) in [6, 6.07) is 4.08. The summed E-state index contributed by atoms with van der Waals surface area (Å²) in [5, 5.41) is 4.25. The Morgan fingerprint density at radius 3 is 2.37 bits per heavy atom. The van der Waals surface area contributed by atoms with Crippen molar-refractivity contribution < 1.29 is 18.0 Å². The molecule has 4 aromatic rings. The van der Waals surface area contributed by atoms with Crippen molar-refractivity contribution in [3.05, 3.63) is 71.6 Å². The number of nitrogens with one attached hydrogen (secondary N) is 1. The van der Waals surface area contributed by atoms with E-state index in [1.165, 1.54) is 28.4 Å². The Bertz CT molecular complexity index is 1720. The molecule has 0 spiro atoms. The quantitative estimate of drug-likeness (QED) is 0.334. The van der Waals surface area contributed by atoms with Crippen molar-refractivity contribution in [3.8, 4) is 0 Å². The predicted molar refractivity (Wildman–Crippen MR) is 138 cm³/mol. The Kier molecular flexibility index (Phi) is 7.32. The molecule has 202 valence electrons. The number of hydrogen-bond donors (Lipinski definition) is 1. The van der Waals surface area contributed by atoms with E-state index in [1.807, 2.05) is 13.8 Å². The summed E-state index contributed by atoms with van der Waals surface area (Å²) in [6.07, 6.45) is -4.80. The fourth-order valence-corrected chi connectivity index (χ4v) is 6.33. The highest BCUT2D eigenvalue weighted by Gasteiger charge is 2.37. The molecule has 0 atom stereocenters. The Morgan fingerprint density at radius 2 is 1.79 bits per heavy atom. The Hall–Kier alpha value is -3.39. The van der Waals surface area contributed by atoms with Crippen LogP contribution in [0.1, 0.15) is 54.5 Å². The lowest BCUT2D eigenvalue weighted by Crippen LogP contribution is -2.38. The molecule has 0 amide bonds. The van der Waals surface area contributed by atoms with Crippen LogP contribution in [0, 0.1) is 5.92 Å². The third-order valence-electron chi connectivity index (χ3n) is 5.67. The van der Waals surface area contributed by atoms with Gasteiger partial charge in [0.1, 0.15) is 4.83 Å². The van der Waals surface area contributed by atoms with Crippen LogP contribution in [0.3, 0.4) is 0 Å². The molecule has 14 heteroatoms. The summed E-state index contributed by atoms with van der Waals surface area (Å²) >= 11 is 1.56. The number of hydrogen-bond acceptors (Lipinski definition) is 7. The molecule has 4 rings (SSSR count). The third kappa shape index (κ3) is 4.89. The molecule has 1 aromatic carbocycles. The zero-order valence-corrected chi connectivity index (χ0v) is 22.7. The number of carbonyl (C=O) groups is 1. The molecule has 0 aliphatic rings. The van der Waals surface area contributed by atoms with Gasteiger partial charge < -0.3 is 0 Å². The molecule has 0 aliphatic carbocycles. The smallest absolute Gasteiger partial charge is 0.288 e. The Morgan fingerprint density at radius 1 is 1.13 bits per heavy atom. The van der Waals surface area contributed by atoms with E-state index in [2.05, 4.69) is 10.1 Å². The minimum absolute atomic E-state index is 0.00413. The van der Waals surface area contributed by atoms with Crippen LogP contribution in [-0.2, 0) is 19.8 Å². The molecule has 0 saturated carbocycles. The molecule has 0 aliphatic heterocycles. The maximum Gasteiger partial charge on any atom is 0.417 e. The lowest BCUT2D eigenvalue weighted by molar-refractivity contribution is -0.137. The van der Waals surface area contributed by atoms with Gasteiger partial charge in [-0.05, 0) is 37.6 Å². The number of rotatable bonds is 7. The van der Waals surface area contributed by atoms with Gasteiger partial charge in [0.05, 0.1) is 26.8 Å². The maximum atomic E-state index is 13.8. The van der Waals surface area contributed by atoms with Crippen LogP contribution in [0.2, 0.25) is 0 Å². The number of thiophene rings is 1. The normalized spacial score (nSPS) is 12.3. The first-order valence-electron chi connectivity index (χ1n) is 11.6.